The van der Waals surface area contributed by atoms with Crippen molar-refractivity contribution >= 4 is 8.32 Å². The molecule has 0 N–H and O–H groups in total. The second kappa shape index (κ2) is 5.61. The smallest absolute Gasteiger partial charge is 0.273 e. The van der Waals surface area contributed by atoms with Gasteiger partial charge >= 0.3 is 0 Å². The van der Waals surface area contributed by atoms with Crippen LogP contribution in [0.25, 0.3) is 0 Å². The summed E-state index contributed by atoms with van der Waals surface area (Å²) in [5, 5.41) is 0.132. The van der Waals surface area contributed by atoms with Gasteiger partial charge in [-0.3, -0.25) is 0 Å². The molecule has 0 saturated carbocycles. The average molecular weight is 276 g/mol. The SMILES string of the molecule is COC(CC(C)(C)C)(OC)O[Si](C)(C)C(C)(C)C. The molecular formula is C14H32O3Si. The summed E-state index contributed by atoms with van der Waals surface area (Å²) in [5.74, 6) is -0.929. The predicted molar refractivity (Wildman–Crippen MR) is 79.1 cm³/mol. The monoisotopic (exact) mass is 276 g/mol. The largest absolute Gasteiger partial charge is 0.369 e. The normalized spacial score (nSPS) is 15.0. The highest BCUT2D eigenvalue weighted by Gasteiger charge is 2.47. The summed E-state index contributed by atoms with van der Waals surface area (Å²) in [7, 11) is 1.38. The third kappa shape index (κ3) is 5.00. The molecule has 110 valence electrons. The van der Waals surface area contributed by atoms with Crippen LogP contribution in [0.5, 0.6) is 0 Å². The Kier molecular flexibility index (Phi) is 5.64. The van der Waals surface area contributed by atoms with Crippen LogP contribution in [0, 0.1) is 5.41 Å². The van der Waals surface area contributed by atoms with Crippen molar-refractivity contribution in [1.82, 2.24) is 0 Å². The molecule has 0 spiro atoms. The fourth-order valence-electron chi connectivity index (χ4n) is 1.54. The van der Waals surface area contributed by atoms with Gasteiger partial charge in [0.25, 0.3) is 5.97 Å². The molecule has 0 aromatic rings. The van der Waals surface area contributed by atoms with Gasteiger partial charge in [-0.2, -0.15) is 0 Å². The quantitative estimate of drug-likeness (QED) is 0.550. The number of ether oxygens (including phenoxy) is 2. The van der Waals surface area contributed by atoms with Gasteiger partial charge in [-0.1, -0.05) is 41.5 Å². The van der Waals surface area contributed by atoms with Crippen LogP contribution in [0.4, 0.5) is 0 Å². The van der Waals surface area contributed by atoms with Crippen molar-refractivity contribution < 1.29 is 13.9 Å². The molecule has 0 saturated heterocycles. The van der Waals surface area contributed by atoms with Crippen molar-refractivity contribution in [2.45, 2.75) is 72.1 Å². The Labute approximate surface area is 114 Å². The Morgan fingerprint density at radius 2 is 1.22 bits per heavy atom. The Hall–Kier alpha value is 0.0969. The Morgan fingerprint density at radius 3 is 1.44 bits per heavy atom. The molecule has 3 nitrogen and oxygen atoms in total. The minimum Gasteiger partial charge on any atom is -0.369 e. The van der Waals surface area contributed by atoms with Crippen LogP contribution >= 0.6 is 0 Å². The number of rotatable bonds is 5. The summed E-state index contributed by atoms with van der Waals surface area (Å²) >= 11 is 0. The van der Waals surface area contributed by atoms with E-state index in [9.17, 15) is 0 Å². The maximum atomic E-state index is 6.36. The molecule has 0 atom stereocenters. The first-order valence-corrected chi connectivity index (χ1v) is 9.50. The molecule has 0 heterocycles. The standard InChI is InChI=1S/C14H32O3Si/c1-12(2,3)11-14(15-7,16-8)17-18(9,10)13(4,5)6/h11H2,1-10H3. The van der Waals surface area contributed by atoms with Gasteiger partial charge in [0, 0.05) is 20.6 Å². The maximum Gasteiger partial charge on any atom is 0.273 e. The lowest BCUT2D eigenvalue weighted by Gasteiger charge is -2.45. The maximum absolute atomic E-state index is 6.36. The summed E-state index contributed by atoms with van der Waals surface area (Å²) in [6.45, 7) is 17.6. The molecule has 0 radical (unpaired) electrons. The molecule has 0 rings (SSSR count). The van der Waals surface area contributed by atoms with Gasteiger partial charge in [-0.15, -0.1) is 0 Å². The zero-order valence-electron chi connectivity index (χ0n) is 13.9. The van der Waals surface area contributed by atoms with Crippen LogP contribution in [0.3, 0.4) is 0 Å². The topological polar surface area (TPSA) is 27.7 Å². The van der Waals surface area contributed by atoms with Gasteiger partial charge in [0.05, 0.1) is 0 Å². The zero-order valence-corrected chi connectivity index (χ0v) is 14.9. The molecule has 0 aromatic carbocycles. The first-order chi connectivity index (χ1) is 7.79. The van der Waals surface area contributed by atoms with E-state index in [2.05, 4.69) is 54.6 Å². The third-order valence-electron chi connectivity index (χ3n) is 3.59. The lowest BCUT2D eigenvalue weighted by Crippen LogP contribution is -2.53. The fourth-order valence-corrected chi connectivity index (χ4v) is 2.86. The summed E-state index contributed by atoms with van der Waals surface area (Å²) in [5.41, 5.74) is 0.0778. The summed E-state index contributed by atoms with van der Waals surface area (Å²) in [6, 6.07) is 0. The van der Waals surface area contributed by atoms with Crippen LogP contribution < -0.4 is 0 Å². The van der Waals surface area contributed by atoms with Gasteiger partial charge in [0.15, 0.2) is 8.32 Å². The predicted octanol–water partition coefficient (Wildman–Crippen LogP) is 4.39. The summed E-state index contributed by atoms with van der Waals surface area (Å²) in [4.78, 5) is 0. The second-order valence-electron chi connectivity index (χ2n) is 7.69. The van der Waals surface area contributed by atoms with Crippen molar-refractivity contribution in [3.63, 3.8) is 0 Å². The lowest BCUT2D eigenvalue weighted by atomic mass is 9.91. The van der Waals surface area contributed by atoms with Gasteiger partial charge in [0.1, 0.15) is 0 Å². The number of hydrogen-bond acceptors (Lipinski definition) is 3. The third-order valence-corrected chi connectivity index (χ3v) is 8.02. The molecule has 0 aliphatic heterocycles. The molecule has 0 aliphatic rings. The molecule has 0 aliphatic carbocycles. The van der Waals surface area contributed by atoms with Gasteiger partial charge < -0.3 is 13.9 Å². The van der Waals surface area contributed by atoms with Gasteiger partial charge in [0.2, 0.25) is 0 Å². The minimum atomic E-state index is -1.93. The molecule has 4 heteroatoms. The zero-order chi connectivity index (χ0) is 14.8. The van der Waals surface area contributed by atoms with Crippen LogP contribution in [-0.4, -0.2) is 28.5 Å². The molecule has 0 aromatic heterocycles. The van der Waals surface area contributed by atoms with E-state index in [1.165, 1.54) is 0 Å². The average Bonchev–Trinajstić information content (AvgIpc) is 2.12. The minimum absolute atomic E-state index is 0.0778. The summed E-state index contributed by atoms with van der Waals surface area (Å²) < 4.78 is 17.5. The molecule has 0 unspecified atom stereocenters. The Bertz CT molecular complexity index is 257. The number of hydrogen-bond donors (Lipinski definition) is 0. The van der Waals surface area contributed by atoms with E-state index in [1.807, 2.05) is 0 Å². The van der Waals surface area contributed by atoms with E-state index in [-0.39, 0.29) is 10.5 Å². The molecule has 0 fully saturated rings. The van der Waals surface area contributed by atoms with Crippen molar-refractivity contribution in [3.8, 4) is 0 Å². The molecular weight excluding hydrogens is 244 g/mol. The van der Waals surface area contributed by atoms with E-state index < -0.39 is 14.3 Å². The molecule has 18 heavy (non-hydrogen) atoms. The van der Waals surface area contributed by atoms with Crippen LogP contribution in [-0.2, 0) is 13.9 Å². The Morgan fingerprint density at radius 1 is 0.833 bits per heavy atom. The van der Waals surface area contributed by atoms with Gasteiger partial charge in [-0.25, -0.2) is 0 Å². The van der Waals surface area contributed by atoms with Crippen molar-refractivity contribution in [2.24, 2.45) is 5.41 Å². The first-order valence-electron chi connectivity index (χ1n) is 6.59. The van der Waals surface area contributed by atoms with E-state index in [0.717, 1.165) is 0 Å². The number of methoxy groups -OCH3 is 2. The fraction of sp³-hybridized carbons (Fsp3) is 1.00. The van der Waals surface area contributed by atoms with Crippen LogP contribution in [0.1, 0.15) is 48.0 Å². The highest BCUT2D eigenvalue weighted by atomic mass is 28.4. The lowest BCUT2D eigenvalue weighted by molar-refractivity contribution is -0.340. The first kappa shape index (κ1) is 18.1. The molecule has 0 bridgehead atoms. The van der Waals surface area contributed by atoms with E-state index in [4.69, 9.17) is 13.9 Å². The van der Waals surface area contributed by atoms with Crippen molar-refractivity contribution in [1.29, 1.82) is 0 Å². The van der Waals surface area contributed by atoms with E-state index in [1.54, 1.807) is 14.2 Å². The van der Waals surface area contributed by atoms with Crippen LogP contribution in [0.15, 0.2) is 0 Å². The Balaban J connectivity index is 5.15. The van der Waals surface area contributed by atoms with Gasteiger partial charge in [-0.05, 0) is 23.5 Å². The second-order valence-corrected chi connectivity index (χ2v) is 12.4. The van der Waals surface area contributed by atoms with Crippen molar-refractivity contribution in [2.75, 3.05) is 14.2 Å². The van der Waals surface area contributed by atoms with Crippen LogP contribution in [0.2, 0.25) is 18.1 Å². The van der Waals surface area contributed by atoms with Crippen molar-refractivity contribution in [3.05, 3.63) is 0 Å². The highest BCUT2D eigenvalue weighted by molar-refractivity contribution is 6.74. The van der Waals surface area contributed by atoms with E-state index in [0.29, 0.717) is 6.42 Å². The van der Waals surface area contributed by atoms with E-state index >= 15 is 0 Å². The summed E-state index contributed by atoms with van der Waals surface area (Å²) in [6.07, 6.45) is 0.708. The highest BCUT2D eigenvalue weighted by Crippen LogP contribution is 2.42. The molecule has 0 amide bonds.